The van der Waals surface area contributed by atoms with Crippen molar-refractivity contribution in [2.75, 3.05) is 28.4 Å². The molecular formula is C28H28INO6. The van der Waals surface area contributed by atoms with Crippen LogP contribution in [0.25, 0.3) is 11.1 Å². The lowest BCUT2D eigenvalue weighted by Crippen LogP contribution is -2.29. The van der Waals surface area contributed by atoms with E-state index < -0.39 is 6.04 Å². The molecule has 1 unspecified atom stereocenters. The van der Waals surface area contributed by atoms with Gasteiger partial charge in [0.1, 0.15) is 0 Å². The second-order valence-electron chi connectivity index (χ2n) is 8.35. The molecule has 4 rings (SSSR count). The van der Waals surface area contributed by atoms with Crippen LogP contribution in [0.3, 0.4) is 0 Å². The third-order valence-corrected chi connectivity index (χ3v) is 7.28. The lowest BCUT2D eigenvalue weighted by molar-refractivity contribution is 0.0935. The maximum Gasteiger partial charge on any atom is 0.251 e. The van der Waals surface area contributed by atoms with Crippen molar-refractivity contribution in [3.05, 3.63) is 81.0 Å². The van der Waals surface area contributed by atoms with Crippen molar-refractivity contribution in [1.82, 2.24) is 5.32 Å². The molecule has 1 aliphatic carbocycles. The Hall–Kier alpha value is -3.27. The number of nitrogens with one attached hydrogen (secondary N) is 1. The first-order valence-corrected chi connectivity index (χ1v) is 13.0. The van der Waals surface area contributed by atoms with Crippen LogP contribution in [0.4, 0.5) is 0 Å². The quantitative estimate of drug-likeness (QED) is 0.300. The Labute approximate surface area is 223 Å². The summed E-state index contributed by atoms with van der Waals surface area (Å²) in [5, 5.41) is 3.15. The van der Waals surface area contributed by atoms with Crippen LogP contribution in [0.1, 0.15) is 39.5 Å². The molecule has 0 fully saturated rings. The SMILES string of the molecule is COc1cc2c(c(OC)c1OC)-c1ccc(OC)c(=O)cc1C(NC(=O)c1ccc(CI)cc1)CC2. The van der Waals surface area contributed by atoms with Gasteiger partial charge in [-0.15, -0.1) is 0 Å². The van der Waals surface area contributed by atoms with Gasteiger partial charge in [0.05, 0.1) is 34.5 Å². The van der Waals surface area contributed by atoms with Gasteiger partial charge in [0.25, 0.3) is 5.91 Å². The molecule has 0 bridgehead atoms. The second-order valence-corrected chi connectivity index (χ2v) is 9.12. The Morgan fingerprint density at radius 3 is 2.22 bits per heavy atom. The number of benzene rings is 2. The van der Waals surface area contributed by atoms with E-state index in [1.54, 1.807) is 33.5 Å². The molecule has 3 aromatic carbocycles. The van der Waals surface area contributed by atoms with E-state index in [4.69, 9.17) is 18.9 Å². The van der Waals surface area contributed by atoms with Crippen LogP contribution in [0.2, 0.25) is 0 Å². The van der Waals surface area contributed by atoms with Crippen LogP contribution < -0.4 is 29.7 Å². The molecule has 1 N–H and O–H groups in total. The Morgan fingerprint density at radius 2 is 1.61 bits per heavy atom. The molecule has 0 aromatic heterocycles. The summed E-state index contributed by atoms with van der Waals surface area (Å²) in [6, 6.07) is 14.1. The zero-order valence-electron chi connectivity index (χ0n) is 20.6. The third-order valence-electron chi connectivity index (χ3n) is 6.40. The summed E-state index contributed by atoms with van der Waals surface area (Å²) in [6.07, 6.45) is 1.19. The minimum Gasteiger partial charge on any atom is -0.493 e. The summed E-state index contributed by atoms with van der Waals surface area (Å²) < 4.78 is 23.2. The molecule has 3 aromatic rings. The van der Waals surface area contributed by atoms with E-state index in [1.165, 1.54) is 7.11 Å². The fraction of sp³-hybridized carbons (Fsp3) is 0.286. The van der Waals surface area contributed by atoms with Crippen LogP contribution in [-0.2, 0) is 10.8 Å². The third kappa shape index (κ3) is 4.86. The van der Waals surface area contributed by atoms with Gasteiger partial charge < -0.3 is 24.3 Å². The molecule has 0 saturated heterocycles. The van der Waals surface area contributed by atoms with E-state index in [0.717, 1.165) is 26.7 Å². The molecule has 0 saturated carbocycles. The van der Waals surface area contributed by atoms with Crippen LogP contribution >= 0.6 is 22.6 Å². The van der Waals surface area contributed by atoms with Gasteiger partial charge in [-0.2, -0.15) is 0 Å². The normalized spacial score (nSPS) is 14.1. The molecule has 0 radical (unpaired) electrons. The van der Waals surface area contributed by atoms with Crippen LogP contribution in [0.5, 0.6) is 23.0 Å². The van der Waals surface area contributed by atoms with Gasteiger partial charge in [-0.05, 0) is 65.4 Å². The number of amides is 1. The highest BCUT2D eigenvalue weighted by Crippen LogP contribution is 2.50. The minimum absolute atomic E-state index is 0.204. The van der Waals surface area contributed by atoms with E-state index in [1.807, 2.05) is 36.4 Å². The summed E-state index contributed by atoms with van der Waals surface area (Å²) in [5.41, 5.74) is 4.64. The summed E-state index contributed by atoms with van der Waals surface area (Å²) in [5.74, 6) is 1.53. The maximum absolute atomic E-state index is 13.2. The number of hydrogen-bond donors (Lipinski definition) is 1. The fourth-order valence-electron chi connectivity index (χ4n) is 4.60. The molecule has 1 atom stereocenters. The zero-order valence-corrected chi connectivity index (χ0v) is 22.8. The number of alkyl halides is 1. The Kier molecular flexibility index (Phi) is 8.03. The van der Waals surface area contributed by atoms with Crippen molar-refractivity contribution in [1.29, 1.82) is 0 Å². The standard InChI is InChI=1S/C28H28INO6/c1-33-23-12-10-19-20(14-22(23)31)21(30-28(32)17-7-5-16(15-29)6-8-17)11-9-18-13-24(34-2)26(35-3)27(36-4)25(18)19/h5-8,10,12-14,21H,9,11,15H2,1-4H3,(H,30,32). The lowest BCUT2D eigenvalue weighted by atomic mass is 9.95. The molecule has 36 heavy (non-hydrogen) atoms. The first-order valence-electron chi connectivity index (χ1n) is 11.5. The van der Waals surface area contributed by atoms with Gasteiger partial charge in [-0.3, -0.25) is 9.59 Å². The molecule has 7 nitrogen and oxygen atoms in total. The minimum atomic E-state index is -0.421. The average Bonchev–Trinajstić information content (AvgIpc) is 3.15. The van der Waals surface area contributed by atoms with Crippen molar-refractivity contribution >= 4 is 28.5 Å². The lowest BCUT2D eigenvalue weighted by Gasteiger charge is -2.20. The molecule has 0 heterocycles. The predicted molar refractivity (Wildman–Crippen MR) is 147 cm³/mol. The van der Waals surface area contributed by atoms with Crippen molar-refractivity contribution in [2.24, 2.45) is 0 Å². The van der Waals surface area contributed by atoms with E-state index in [-0.39, 0.29) is 17.1 Å². The molecule has 188 valence electrons. The smallest absolute Gasteiger partial charge is 0.251 e. The maximum atomic E-state index is 13.2. The molecule has 0 spiro atoms. The highest BCUT2D eigenvalue weighted by Gasteiger charge is 2.30. The number of carbonyl (C=O) groups excluding carboxylic acids is 1. The number of rotatable bonds is 7. The van der Waals surface area contributed by atoms with Crippen LogP contribution in [-0.4, -0.2) is 34.3 Å². The van der Waals surface area contributed by atoms with Crippen molar-refractivity contribution < 1.29 is 23.7 Å². The van der Waals surface area contributed by atoms with E-state index >= 15 is 0 Å². The van der Waals surface area contributed by atoms with E-state index in [2.05, 4.69) is 27.9 Å². The van der Waals surface area contributed by atoms with Gasteiger partial charge in [-0.1, -0.05) is 40.8 Å². The number of carbonyl (C=O) groups is 1. The summed E-state index contributed by atoms with van der Waals surface area (Å²) in [7, 11) is 6.17. The molecule has 1 aliphatic rings. The van der Waals surface area contributed by atoms with Gasteiger partial charge in [0.2, 0.25) is 11.2 Å². The topological polar surface area (TPSA) is 83.1 Å². The highest BCUT2D eigenvalue weighted by molar-refractivity contribution is 14.1. The summed E-state index contributed by atoms with van der Waals surface area (Å²) in [4.78, 5) is 26.2. The number of hydrogen-bond acceptors (Lipinski definition) is 6. The number of halogens is 1. The predicted octanol–water partition coefficient (Wildman–Crippen LogP) is 5.10. The second kappa shape index (κ2) is 11.2. The largest absolute Gasteiger partial charge is 0.493 e. The average molecular weight is 601 g/mol. The summed E-state index contributed by atoms with van der Waals surface area (Å²) in [6.45, 7) is 0. The van der Waals surface area contributed by atoms with E-state index in [0.29, 0.717) is 41.2 Å². The fourth-order valence-corrected chi connectivity index (χ4v) is 5.11. The molecule has 1 amide bonds. The van der Waals surface area contributed by atoms with Crippen LogP contribution in [0.15, 0.2) is 53.3 Å². The van der Waals surface area contributed by atoms with Gasteiger partial charge >= 0.3 is 0 Å². The molecule has 8 heteroatoms. The van der Waals surface area contributed by atoms with Gasteiger partial charge in [0, 0.05) is 15.6 Å². The number of methoxy groups -OCH3 is 4. The van der Waals surface area contributed by atoms with Crippen LogP contribution in [0, 0.1) is 0 Å². The number of ether oxygens (including phenoxy) is 4. The Balaban J connectivity index is 1.90. The monoisotopic (exact) mass is 601 g/mol. The first kappa shape index (κ1) is 25.8. The van der Waals surface area contributed by atoms with Gasteiger partial charge in [0.15, 0.2) is 17.2 Å². The molecule has 0 aliphatic heterocycles. The van der Waals surface area contributed by atoms with Crippen molar-refractivity contribution in [3.8, 4) is 34.1 Å². The molecular weight excluding hydrogens is 573 g/mol. The Morgan fingerprint density at radius 1 is 0.917 bits per heavy atom. The Bertz CT molecular complexity index is 1340. The first-order chi connectivity index (χ1) is 17.4. The number of aryl methyl sites for hydroxylation is 1. The van der Waals surface area contributed by atoms with Crippen molar-refractivity contribution in [3.63, 3.8) is 0 Å². The van der Waals surface area contributed by atoms with Gasteiger partial charge in [-0.25, -0.2) is 0 Å². The number of fused-ring (bicyclic) bond motifs is 3. The van der Waals surface area contributed by atoms with Crippen molar-refractivity contribution in [2.45, 2.75) is 23.3 Å². The zero-order chi connectivity index (χ0) is 25.8. The summed E-state index contributed by atoms with van der Waals surface area (Å²) >= 11 is 2.29. The highest BCUT2D eigenvalue weighted by atomic mass is 127. The van der Waals surface area contributed by atoms with E-state index in [9.17, 15) is 9.59 Å².